The Morgan fingerprint density at radius 2 is 1.13 bits per heavy atom. The number of carbonyl (C=O) groups excluding carboxylic acids is 2. The molecule has 2 aromatic carbocycles. The van der Waals surface area contributed by atoms with Crippen molar-refractivity contribution < 1.29 is 19.8 Å². The van der Waals surface area contributed by atoms with Gasteiger partial charge in [-0.3, -0.25) is 19.4 Å². The molecule has 0 radical (unpaired) electrons. The van der Waals surface area contributed by atoms with Gasteiger partial charge in [0, 0.05) is 61.4 Å². The summed E-state index contributed by atoms with van der Waals surface area (Å²) in [5.41, 5.74) is 1.16. The molecule has 0 amide bonds. The number of hydrogen-bond acceptors (Lipinski definition) is 8. The Morgan fingerprint density at radius 1 is 0.711 bits per heavy atom. The van der Waals surface area contributed by atoms with E-state index in [9.17, 15) is 19.8 Å². The number of carbonyl (C=O) groups is 2. The molecule has 10 heteroatoms. The second-order valence-corrected chi connectivity index (χ2v) is 10.9. The first-order valence-electron chi connectivity index (χ1n) is 13.3. The van der Waals surface area contributed by atoms with Crippen molar-refractivity contribution in [3.8, 4) is 11.5 Å². The SMILES string of the molecule is O=C1c2c(O)ccc(O)c2C(=O)c2c(NCCN3CCCC3CCl)ccc(NCCN3CCCC3CCl)c21. The first kappa shape index (κ1) is 27.1. The number of nitrogens with zero attached hydrogens (tertiary/aromatic N) is 2. The Labute approximate surface area is 232 Å². The van der Waals surface area contributed by atoms with Gasteiger partial charge in [0.25, 0.3) is 0 Å². The van der Waals surface area contributed by atoms with Crippen molar-refractivity contribution in [3.63, 3.8) is 0 Å². The summed E-state index contributed by atoms with van der Waals surface area (Å²) >= 11 is 12.2. The zero-order chi connectivity index (χ0) is 26.8. The van der Waals surface area contributed by atoms with Crippen molar-refractivity contribution in [1.82, 2.24) is 9.80 Å². The maximum absolute atomic E-state index is 13.7. The molecule has 2 fully saturated rings. The van der Waals surface area contributed by atoms with Gasteiger partial charge in [0.05, 0.1) is 22.3 Å². The van der Waals surface area contributed by atoms with Crippen LogP contribution in [0.5, 0.6) is 11.5 Å². The summed E-state index contributed by atoms with van der Waals surface area (Å²) in [6.07, 6.45) is 4.38. The molecule has 4 N–H and O–H groups in total. The lowest BCUT2D eigenvalue weighted by Crippen LogP contribution is -2.35. The first-order chi connectivity index (χ1) is 18.4. The van der Waals surface area contributed by atoms with Gasteiger partial charge in [0.15, 0.2) is 0 Å². The highest BCUT2D eigenvalue weighted by Crippen LogP contribution is 2.42. The summed E-state index contributed by atoms with van der Waals surface area (Å²) < 4.78 is 0. The number of fused-ring (bicyclic) bond motifs is 2. The number of hydrogen-bond donors (Lipinski definition) is 4. The Bertz CT molecular complexity index is 1130. The second kappa shape index (κ2) is 11.7. The van der Waals surface area contributed by atoms with Gasteiger partial charge in [-0.1, -0.05) is 0 Å². The van der Waals surface area contributed by atoms with E-state index in [-0.39, 0.29) is 33.8 Å². The fourth-order valence-electron chi connectivity index (χ4n) is 6.06. The molecule has 8 nitrogen and oxygen atoms in total. The van der Waals surface area contributed by atoms with Crippen LogP contribution in [0.1, 0.15) is 57.5 Å². The van der Waals surface area contributed by atoms with E-state index in [1.807, 2.05) is 0 Å². The molecule has 0 saturated carbocycles. The minimum absolute atomic E-state index is 0.161. The van der Waals surface area contributed by atoms with Crippen molar-refractivity contribution in [1.29, 1.82) is 0 Å². The zero-order valence-corrected chi connectivity index (χ0v) is 22.8. The number of ketones is 2. The number of halogens is 2. The molecule has 0 spiro atoms. The summed E-state index contributed by atoms with van der Waals surface area (Å²) in [7, 11) is 0. The van der Waals surface area contributed by atoms with E-state index in [1.165, 1.54) is 12.1 Å². The van der Waals surface area contributed by atoms with Crippen LogP contribution in [0.15, 0.2) is 24.3 Å². The average molecular weight is 562 g/mol. The third-order valence-electron chi connectivity index (χ3n) is 8.06. The van der Waals surface area contributed by atoms with E-state index in [1.54, 1.807) is 12.1 Å². The van der Waals surface area contributed by atoms with Gasteiger partial charge in [0.2, 0.25) is 11.6 Å². The minimum atomic E-state index is -0.490. The summed E-state index contributed by atoms with van der Waals surface area (Å²) in [5.74, 6) is -0.452. The van der Waals surface area contributed by atoms with Gasteiger partial charge in [-0.15, -0.1) is 23.2 Å². The van der Waals surface area contributed by atoms with Gasteiger partial charge in [0.1, 0.15) is 11.5 Å². The van der Waals surface area contributed by atoms with E-state index in [4.69, 9.17) is 23.2 Å². The molecule has 3 aliphatic rings. The third kappa shape index (κ3) is 5.07. The van der Waals surface area contributed by atoms with E-state index in [2.05, 4.69) is 20.4 Å². The summed E-state index contributed by atoms with van der Waals surface area (Å²) in [4.78, 5) is 32.1. The van der Waals surface area contributed by atoms with E-state index in [0.717, 1.165) is 51.9 Å². The molecule has 2 aromatic rings. The number of phenols is 2. The Kier molecular flexibility index (Phi) is 8.33. The topological polar surface area (TPSA) is 105 Å². The molecule has 2 atom stereocenters. The van der Waals surface area contributed by atoms with Crippen LogP contribution in [0.4, 0.5) is 11.4 Å². The van der Waals surface area contributed by atoms with Crippen LogP contribution in [0.25, 0.3) is 0 Å². The fourth-order valence-corrected chi connectivity index (χ4v) is 6.76. The molecule has 2 saturated heterocycles. The van der Waals surface area contributed by atoms with Crippen molar-refractivity contribution in [3.05, 3.63) is 46.5 Å². The molecular formula is C28H34Cl2N4O4. The zero-order valence-electron chi connectivity index (χ0n) is 21.3. The van der Waals surface area contributed by atoms with Crippen molar-refractivity contribution in [2.24, 2.45) is 0 Å². The Hall–Kier alpha value is -2.52. The summed E-state index contributed by atoms with van der Waals surface area (Å²) in [5, 5.41) is 27.7. The third-order valence-corrected chi connectivity index (χ3v) is 8.77. The number of likely N-dealkylation sites (tertiary alicyclic amines) is 2. The minimum Gasteiger partial charge on any atom is -0.507 e. The van der Waals surface area contributed by atoms with Gasteiger partial charge in [-0.2, -0.15) is 0 Å². The predicted octanol–water partition coefficient (Wildman–Crippen LogP) is 4.10. The molecule has 38 heavy (non-hydrogen) atoms. The Morgan fingerprint density at radius 3 is 1.53 bits per heavy atom. The smallest absolute Gasteiger partial charge is 0.200 e. The number of aromatic hydroxyl groups is 2. The van der Waals surface area contributed by atoms with Gasteiger partial charge >= 0.3 is 0 Å². The molecule has 2 unspecified atom stereocenters. The molecule has 2 heterocycles. The highest BCUT2D eigenvalue weighted by atomic mass is 35.5. The van der Waals surface area contributed by atoms with Gasteiger partial charge < -0.3 is 20.8 Å². The van der Waals surface area contributed by atoms with Crippen molar-refractivity contribution >= 4 is 46.1 Å². The lowest BCUT2D eigenvalue weighted by molar-refractivity contribution is 0.0975. The van der Waals surface area contributed by atoms with E-state index in [0.29, 0.717) is 48.3 Å². The molecule has 0 aromatic heterocycles. The van der Waals surface area contributed by atoms with E-state index < -0.39 is 11.6 Å². The summed E-state index contributed by atoms with van der Waals surface area (Å²) in [6, 6.07) is 6.78. The second-order valence-electron chi connectivity index (χ2n) is 10.2. The quantitative estimate of drug-likeness (QED) is 0.217. The predicted molar refractivity (Wildman–Crippen MR) is 151 cm³/mol. The lowest BCUT2D eigenvalue weighted by atomic mass is 9.81. The standard InChI is InChI=1S/C28H34Cl2N4O4/c29-15-17-3-1-11-33(17)13-9-31-19-5-6-20(32-10-14-34-12-2-4-18(34)16-30)24-23(19)27(37)25-21(35)7-8-22(36)26(25)28(24)38/h5-8,17-18,31-32,35-36H,1-4,9-16H2. The Balaban J connectivity index is 1.42. The number of nitrogens with one attached hydrogen (secondary N) is 2. The molecule has 2 aliphatic heterocycles. The van der Waals surface area contributed by atoms with Gasteiger partial charge in [-0.05, 0) is 63.0 Å². The largest absolute Gasteiger partial charge is 0.507 e. The number of phenolic OH excluding ortho intramolecular Hbond substituents is 2. The van der Waals surface area contributed by atoms with Crippen LogP contribution in [0.3, 0.4) is 0 Å². The molecule has 1 aliphatic carbocycles. The van der Waals surface area contributed by atoms with Gasteiger partial charge in [-0.25, -0.2) is 0 Å². The maximum atomic E-state index is 13.7. The maximum Gasteiger partial charge on any atom is 0.200 e. The normalized spacial score (nSPS) is 21.5. The molecular weight excluding hydrogens is 527 g/mol. The van der Waals surface area contributed by atoms with Crippen LogP contribution in [0, 0.1) is 0 Å². The van der Waals surface area contributed by atoms with Crippen LogP contribution < -0.4 is 10.6 Å². The average Bonchev–Trinajstić information content (AvgIpc) is 3.57. The lowest BCUT2D eigenvalue weighted by Gasteiger charge is -2.27. The van der Waals surface area contributed by atoms with Crippen molar-refractivity contribution in [2.75, 3.05) is 61.7 Å². The first-order valence-corrected chi connectivity index (χ1v) is 14.4. The van der Waals surface area contributed by atoms with Crippen LogP contribution in [-0.4, -0.2) is 94.7 Å². The van der Waals surface area contributed by atoms with Crippen molar-refractivity contribution in [2.45, 2.75) is 37.8 Å². The number of anilines is 2. The monoisotopic (exact) mass is 560 g/mol. The highest BCUT2D eigenvalue weighted by Gasteiger charge is 2.38. The number of rotatable bonds is 10. The van der Waals surface area contributed by atoms with E-state index >= 15 is 0 Å². The molecule has 5 rings (SSSR count). The van der Waals surface area contributed by atoms with Crippen LogP contribution in [-0.2, 0) is 0 Å². The highest BCUT2D eigenvalue weighted by molar-refractivity contribution is 6.33. The number of benzene rings is 2. The van der Waals surface area contributed by atoms with Crippen LogP contribution >= 0.6 is 23.2 Å². The summed E-state index contributed by atoms with van der Waals surface area (Å²) in [6.45, 7) is 4.63. The molecule has 0 bridgehead atoms. The van der Waals surface area contributed by atoms with Crippen LogP contribution in [0.2, 0.25) is 0 Å². The fraction of sp³-hybridized carbons (Fsp3) is 0.500. The number of alkyl halides is 2. The molecule has 204 valence electrons.